The van der Waals surface area contributed by atoms with Gasteiger partial charge in [-0.15, -0.1) is 0 Å². The third kappa shape index (κ3) is 6.87. The minimum Gasteiger partial charge on any atom is -0.485 e. The van der Waals surface area contributed by atoms with E-state index in [4.69, 9.17) is 9.47 Å². The predicted octanol–water partition coefficient (Wildman–Crippen LogP) is 16.2. The SMILES string of the molecule is Cc1cccc(N(C2=CC=CC(c3cccc4c3OC3C=CC=CC43)C2)c2c3c(c(N(C4=CC=CC(C)C4)c4cccc(C5=C6Oc7ccccc7C6CC=C5)c4)c4ccccc24)CCCC3)c1. The van der Waals surface area contributed by atoms with Crippen LogP contribution in [0, 0.1) is 12.8 Å². The van der Waals surface area contributed by atoms with Crippen LogP contribution >= 0.6 is 0 Å². The van der Waals surface area contributed by atoms with E-state index in [1.165, 1.54) is 89.4 Å². The lowest BCUT2D eigenvalue weighted by Gasteiger charge is -2.39. The zero-order chi connectivity index (χ0) is 45.3. The van der Waals surface area contributed by atoms with Gasteiger partial charge in [-0.1, -0.05) is 147 Å². The summed E-state index contributed by atoms with van der Waals surface area (Å²) < 4.78 is 13.5. The van der Waals surface area contributed by atoms with Gasteiger partial charge >= 0.3 is 0 Å². The Morgan fingerprint density at radius 1 is 0.603 bits per heavy atom. The number of rotatable bonds is 8. The van der Waals surface area contributed by atoms with E-state index in [1.54, 1.807) is 0 Å². The molecule has 0 spiro atoms. The molecule has 5 atom stereocenters. The molecule has 7 aliphatic rings. The first-order chi connectivity index (χ1) is 33.6. The summed E-state index contributed by atoms with van der Waals surface area (Å²) >= 11 is 0. The Balaban J connectivity index is 0.979. The van der Waals surface area contributed by atoms with Crippen LogP contribution in [0.25, 0.3) is 16.3 Å². The highest BCUT2D eigenvalue weighted by atomic mass is 16.5. The van der Waals surface area contributed by atoms with E-state index in [0.29, 0.717) is 5.92 Å². The van der Waals surface area contributed by atoms with Gasteiger partial charge in [-0.2, -0.15) is 0 Å². The number of hydrogen-bond donors (Lipinski definition) is 0. The third-order valence-electron chi connectivity index (χ3n) is 15.4. The van der Waals surface area contributed by atoms with Gasteiger partial charge in [0.1, 0.15) is 23.4 Å². The fourth-order valence-electron chi connectivity index (χ4n) is 12.3. The Labute approximate surface area is 400 Å². The fraction of sp³-hybridized carbons (Fsp3) is 0.219. The number of ether oxygens (including phenoxy) is 2. The second-order valence-corrected chi connectivity index (χ2v) is 19.8. The molecule has 5 unspecified atom stereocenters. The lowest BCUT2D eigenvalue weighted by molar-refractivity contribution is 0.266. The number of benzene rings is 6. The zero-order valence-corrected chi connectivity index (χ0v) is 38.9. The molecule has 0 bridgehead atoms. The van der Waals surface area contributed by atoms with Crippen LogP contribution in [0.15, 0.2) is 205 Å². The average molecular weight is 885 g/mol. The fourth-order valence-corrected chi connectivity index (χ4v) is 12.3. The summed E-state index contributed by atoms with van der Waals surface area (Å²) in [4.78, 5) is 5.29. The van der Waals surface area contributed by atoms with Crippen molar-refractivity contribution in [2.75, 3.05) is 9.80 Å². The number of para-hydroxylation sites is 2. The molecule has 4 heteroatoms. The largest absolute Gasteiger partial charge is 0.485 e. The summed E-state index contributed by atoms with van der Waals surface area (Å²) in [5.41, 5.74) is 18.0. The van der Waals surface area contributed by atoms with Gasteiger partial charge in [-0.25, -0.2) is 0 Å². The molecule has 6 aromatic carbocycles. The van der Waals surface area contributed by atoms with Crippen molar-refractivity contribution in [3.8, 4) is 11.5 Å². The Morgan fingerprint density at radius 2 is 1.28 bits per heavy atom. The van der Waals surface area contributed by atoms with Gasteiger partial charge in [0.15, 0.2) is 0 Å². The van der Waals surface area contributed by atoms with Crippen molar-refractivity contribution in [2.45, 2.75) is 82.7 Å². The summed E-state index contributed by atoms with van der Waals surface area (Å²) in [5.74, 6) is 4.20. The van der Waals surface area contributed by atoms with Gasteiger partial charge in [0.05, 0.1) is 11.4 Å². The molecule has 0 fully saturated rings. The molecule has 2 aliphatic heterocycles. The van der Waals surface area contributed by atoms with Gasteiger partial charge < -0.3 is 19.3 Å². The van der Waals surface area contributed by atoms with E-state index in [9.17, 15) is 0 Å². The first kappa shape index (κ1) is 40.9. The van der Waals surface area contributed by atoms with Gasteiger partial charge in [0.2, 0.25) is 0 Å². The maximum atomic E-state index is 6.78. The molecule has 13 rings (SSSR count). The molecular formula is C64H56N2O2. The highest BCUT2D eigenvalue weighted by Crippen LogP contribution is 2.54. The second-order valence-electron chi connectivity index (χ2n) is 19.8. The van der Waals surface area contributed by atoms with Crippen LogP contribution in [-0.4, -0.2) is 6.10 Å². The molecular weight excluding hydrogens is 829 g/mol. The van der Waals surface area contributed by atoms with E-state index in [0.717, 1.165) is 62.2 Å². The summed E-state index contributed by atoms with van der Waals surface area (Å²) in [6.07, 6.45) is 34.6. The van der Waals surface area contributed by atoms with Crippen LogP contribution in [0.1, 0.15) is 95.7 Å². The quantitative estimate of drug-likeness (QED) is 0.142. The van der Waals surface area contributed by atoms with Crippen LogP contribution in [-0.2, 0) is 12.8 Å². The Bertz CT molecular complexity index is 3300. The third-order valence-corrected chi connectivity index (χ3v) is 15.4. The molecule has 2 heterocycles. The minimum absolute atomic E-state index is 0.0536. The van der Waals surface area contributed by atoms with Gasteiger partial charge in [-0.05, 0) is 129 Å². The smallest absolute Gasteiger partial charge is 0.130 e. The Morgan fingerprint density at radius 3 is 2.07 bits per heavy atom. The van der Waals surface area contributed by atoms with Crippen molar-refractivity contribution in [2.24, 2.45) is 5.92 Å². The summed E-state index contributed by atoms with van der Waals surface area (Å²) in [7, 11) is 0. The number of anilines is 4. The highest BCUT2D eigenvalue weighted by molar-refractivity contribution is 6.09. The molecule has 0 aromatic heterocycles. The number of nitrogens with zero attached hydrogens (tertiary/aromatic N) is 2. The van der Waals surface area contributed by atoms with Gasteiger partial charge in [0.25, 0.3) is 0 Å². The standard InChI is InChI=1S/C64H56N2O2/c1-41-17-11-21-45(37-41)65(47-23-13-19-43(39-47)49-31-15-33-57-51-25-7-9-35-59(51)67-63(49)57)61-53-27-3-5-29-55(53)62(56-30-6-4-28-54(56)61)66(46-22-12-18-42(2)38-46)48-24-14-20-44(40-48)50-32-16-34-58-52-26-8-10-36-60(52)68-64(50)58/h3,5,7-27,29,31-33,35-37,40,42-43,51,58-59H,4,6,28,30,34,38-39H2,1-2H3. The van der Waals surface area contributed by atoms with Crippen LogP contribution in [0.3, 0.4) is 0 Å². The molecule has 0 radical (unpaired) electrons. The summed E-state index contributed by atoms with van der Waals surface area (Å²) in [6.45, 7) is 4.57. The molecule has 6 aromatic rings. The van der Waals surface area contributed by atoms with Crippen molar-refractivity contribution in [1.29, 1.82) is 0 Å². The second kappa shape index (κ2) is 16.8. The maximum absolute atomic E-state index is 6.78. The van der Waals surface area contributed by atoms with E-state index in [1.807, 2.05) is 0 Å². The minimum atomic E-state index is 0.0536. The molecule has 0 saturated carbocycles. The maximum Gasteiger partial charge on any atom is 0.130 e. The molecule has 0 saturated heterocycles. The zero-order valence-electron chi connectivity index (χ0n) is 38.9. The van der Waals surface area contributed by atoms with Crippen molar-refractivity contribution in [3.05, 3.63) is 244 Å². The molecule has 5 aliphatic carbocycles. The van der Waals surface area contributed by atoms with Crippen LogP contribution in [0.5, 0.6) is 11.5 Å². The van der Waals surface area contributed by atoms with Crippen LogP contribution in [0.2, 0.25) is 0 Å². The Hall–Kier alpha value is -7.30. The van der Waals surface area contributed by atoms with Gasteiger partial charge in [-0.3, -0.25) is 0 Å². The van der Waals surface area contributed by atoms with Crippen molar-refractivity contribution in [3.63, 3.8) is 0 Å². The highest BCUT2D eigenvalue weighted by Gasteiger charge is 2.38. The van der Waals surface area contributed by atoms with E-state index >= 15 is 0 Å². The molecule has 0 amide bonds. The molecule has 334 valence electrons. The summed E-state index contributed by atoms with van der Waals surface area (Å²) in [5, 5.41) is 2.56. The number of allylic oxidation sites excluding steroid dienone is 14. The van der Waals surface area contributed by atoms with Crippen molar-refractivity contribution < 1.29 is 9.47 Å². The summed E-state index contributed by atoms with van der Waals surface area (Å²) in [6, 6.07) is 43.1. The molecule has 68 heavy (non-hydrogen) atoms. The lowest BCUT2D eigenvalue weighted by Crippen LogP contribution is -2.26. The van der Waals surface area contributed by atoms with E-state index < -0.39 is 0 Å². The average Bonchev–Trinajstić information content (AvgIpc) is 3.96. The van der Waals surface area contributed by atoms with E-state index in [-0.39, 0.29) is 23.9 Å². The predicted molar refractivity (Wildman–Crippen MR) is 280 cm³/mol. The Kier molecular flexibility index (Phi) is 10.1. The van der Waals surface area contributed by atoms with E-state index in [2.05, 4.69) is 212 Å². The van der Waals surface area contributed by atoms with Crippen molar-refractivity contribution in [1.82, 2.24) is 0 Å². The first-order valence-corrected chi connectivity index (χ1v) is 25.0. The monoisotopic (exact) mass is 884 g/mol. The van der Waals surface area contributed by atoms with Crippen molar-refractivity contribution >= 4 is 39.1 Å². The lowest BCUT2D eigenvalue weighted by atomic mass is 9.83. The first-order valence-electron chi connectivity index (χ1n) is 25.0. The number of hydrogen-bond acceptors (Lipinski definition) is 4. The number of aryl methyl sites for hydroxylation is 1. The van der Waals surface area contributed by atoms with Crippen LogP contribution in [0.4, 0.5) is 22.7 Å². The molecule has 4 nitrogen and oxygen atoms in total. The number of fused-ring (bicyclic) bond motifs is 8. The van der Waals surface area contributed by atoms with Crippen LogP contribution < -0.4 is 19.3 Å². The topological polar surface area (TPSA) is 24.9 Å². The molecule has 0 N–H and O–H groups in total. The normalized spacial score (nSPS) is 22.6. The van der Waals surface area contributed by atoms with Gasteiger partial charge in [0, 0.05) is 73.6 Å².